The molecule has 6 nitrogen and oxygen atoms in total. The topological polar surface area (TPSA) is 77.2 Å². The van der Waals surface area contributed by atoms with Gasteiger partial charge in [0.25, 0.3) is 5.91 Å². The molecule has 0 spiro atoms. The first-order valence-corrected chi connectivity index (χ1v) is 6.57. The van der Waals surface area contributed by atoms with Crippen molar-refractivity contribution in [2.75, 3.05) is 5.32 Å². The van der Waals surface area contributed by atoms with Crippen molar-refractivity contribution in [2.24, 2.45) is 7.05 Å². The molecule has 0 saturated heterocycles. The van der Waals surface area contributed by atoms with Gasteiger partial charge < -0.3 is 15.4 Å². The molecule has 0 saturated carbocycles. The summed E-state index contributed by atoms with van der Waals surface area (Å²) in [6.07, 6.45) is 0. The number of aromatic nitrogens is 1. The molecule has 0 aliphatic carbocycles. The Morgan fingerprint density at radius 3 is 2.65 bits per heavy atom. The van der Waals surface area contributed by atoms with Gasteiger partial charge in [0.1, 0.15) is 0 Å². The summed E-state index contributed by atoms with van der Waals surface area (Å²) in [6.45, 7) is 1.91. The number of nitro groups is 1. The Kier molecular flexibility index (Phi) is 3.89. The van der Waals surface area contributed by atoms with Crippen molar-refractivity contribution in [3.63, 3.8) is 0 Å². The Bertz CT molecular complexity index is 694. The van der Waals surface area contributed by atoms with Crippen LogP contribution in [0.15, 0.2) is 34.8 Å². The predicted octanol–water partition coefficient (Wildman–Crippen LogP) is 3.26. The zero-order chi connectivity index (χ0) is 14.9. The van der Waals surface area contributed by atoms with E-state index in [4.69, 9.17) is 0 Å². The summed E-state index contributed by atoms with van der Waals surface area (Å²) in [5, 5.41) is 13.5. The van der Waals surface area contributed by atoms with Crippen LogP contribution >= 0.6 is 15.9 Å². The van der Waals surface area contributed by atoms with Crippen molar-refractivity contribution in [2.45, 2.75) is 6.92 Å². The van der Waals surface area contributed by atoms with Crippen LogP contribution in [-0.4, -0.2) is 15.4 Å². The second kappa shape index (κ2) is 5.46. The van der Waals surface area contributed by atoms with E-state index in [1.165, 1.54) is 23.7 Å². The Balaban J connectivity index is 2.29. The summed E-state index contributed by atoms with van der Waals surface area (Å²) < 4.78 is 2.00. The van der Waals surface area contributed by atoms with Gasteiger partial charge in [0, 0.05) is 10.5 Å². The summed E-state index contributed by atoms with van der Waals surface area (Å²) >= 11 is 3.35. The van der Waals surface area contributed by atoms with Crippen LogP contribution in [0.1, 0.15) is 16.1 Å². The monoisotopic (exact) mass is 337 g/mol. The van der Waals surface area contributed by atoms with E-state index in [1.54, 1.807) is 0 Å². The number of anilines is 1. The van der Waals surface area contributed by atoms with Gasteiger partial charge in [0.05, 0.1) is 12.7 Å². The number of rotatable bonds is 3. The van der Waals surface area contributed by atoms with E-state index in [2.05, 4.69) is 21.2 Å². The molecule has 0 radical (unpaired) electrons. The van der Waals surface area contributed by atoms with Crippen LogP contribution in [0.5, 0.6) is 0 Å². The second-order valence-electron chi connectivity index (χ2n) is 4.33. The molecule has 0 aliphatic rings. The minimum atomic E-state index is -0.528. The zero-order valence-corrected chi connectivity index (χ0v) is 12.5. The number of carbonyl (C=O) groups is 1. The number of nitrogens with zero attached hydrogens (tertiary/aromatic N) is 2. The minimum Gasteiger partial charge on any atom is -0.358 e. The number of halogens is 1. The smallest absolute Gasteiger partial charge is 0.323 e. The zero-order valence-electron chi connectivity index (χ0n) is 10.9. The standard InChI is InChI=1S/C13H12BrN3O3/c1-8-3-4-9(14)10(7-8)15-13(18)11-5-6-12(16(11)2)17(19)20/h3-7H,1-2H3,(H,15,18). The maximum atomic E-state index is 12.2. The lowest BCUT2D eigenvalue weighted by molar-refractivity contribution is -0.391. The van der Waals surface area contributed by atoms with E-state index in [0.29, 0.717) is 5.69 Å². The van der Waals surface area contributed by atoms with E-state index >= 15 is 0 Å². The molecule has 2 aromatic rings. The van der Waals surface area contributed by atoms with Crippen molar-refractivity contribution < 1.29 is 9.72 Å². The molecule has 2 rings (SSSR count). The van der Waals surface area contributed by atoms with E-state index in [0.717, 1.165) is 10.0 Å². The maximum Gasteiger partial charge on any atom is 0.323 e. The summed E-state index contributed by atoms with van der Waals surface area (Å²) in [4.78, 5) is 22.4. The molecule has 0 bridgehead atoms. The first-order chi connectivity index (χ1) is 9.40. The number of nitrogens with one attached hydrogen (secondary N) is 1. The average Bonchev–Trinajstić information content (AvgIpc) is 2.76. The van der Waals surface area contributed by atoms with Crippen molar-refractivity contribution in [1.82, 2.24) is 4.57 Å². The summed E-state index contributed by atoms with van der Waals surface area (Å²) in [6, 6.07) is 8.29. The number of hydrogen-bond donors (Lipinski definition) is 1. The molecule has 1 aromatic heterocycles. The first-order valence-electron chi connectivity index (χ1n) is 5.78. The number of amides is 1. The van der Waals surface area contributed by atoms with Crippen molar-refractivity contribution in [3.8, 4) is 0 Å². The average molecular weight is 338 g/mol. The van der Waals surface area contributed by atoms with Crippen LogP contribution in [0.3, 0.4) is 0 Å². The van der Waals surface area contributed by atoms with Crippen LogP contribution in [0, 0.1) is 17.0 Å². The molecule has 0 fully saturated rings. The highest BCUT2D eigenvalue weighted by Gasteiger charge is 2.21. The summed E-state index contributed by atoms with van der Waals surface area (Å²) in [5.74, 6) is -0.523. The van der Waals surface area contributed by atoms with Crippen molar-refractivity contribution >= 4 is 33.3 Å². The Hall–Kier alpha value is -2.15. The van der Waals surface area contributed by atoms with Gasteiger partial charge in [-0.3, -0.25) is 4.79 Å². The highest BCUT2D eigenvalue weighted by Crippen LogP contribution is 2.24. The normalized spacial score (nSPS) is 10.3. The van der Waals surface area contributed by atoms with Gasteiger partial charge >= 0.3 is 5.82 Å². The van der Waals surface area contributed by atoms with Crippen molar-refractivity contribution in [3.05, 3.63) is 56.2 Å². The van der Waals surface area contributed by atoms with Gasteiger partial charge in [0.15, 0.2) is 5.69 Å². The third-order valence-electron chi connectivity index (χ3n) is 2.89. The summed E-state index contributed by atoms with van der Waals surface area (Å²) in [5.41, 5.74) is 1.85. The lowest BCUT2D eigenvalue weighted by Crippen LogP contribution is -2.16. The van der Waals surface area contributed by atoms with Crippen LogP contribution in [0.25, 0.3) is 0 Å². The number of hydrogen-bond acceptors (Lipinski definition) is 3. The molecule has 0 unspecified atom stereocenters. The Morgan fingerprint density at radius 1 is 1.35 bits per heavy atom. The fraction of sp³-hybridized carbons (Fsp3) is 0.154. The molecule has 104 valence electrons. The van der Waals surface area contributed by atoms with Gasteiger partial charge in [-0.15, -0.1) is 0 Å². The Labute approximate surface area is 123 Å². The van der Waals surface area contributed by atoms with Crippen LogP contribution in [-0.2, 0) is 7.05 Å². The minimum absolute atomic E-state index is 0.126. The van der Waals surface area contributed by atoms with Gasteiger partial charge in [-0.25, -0.2) is 4.57 Å². The molecular weight excluding hydrogens is 326 g/mol. The number of aryl methyl sites for hydroxylation is 1. The molecule has 1 heterocycles. The van der Waals surface area contributed by atoms with Gasteiger partial charge in [-0.1, -0.05) is 6.07 Å². The van der Waals surface area contributed by atoms with Gasteiger partial charge in [0.2, 0.25) is 0 Å². The van der Waals surface area contributed by atoms with Crippen LogP contribution < -0.4 is 5.32 Å². The van der Waals surface area contributed by atoms with Crippen LogP contribution in [0.4, 0.5) is 11.5 Å². The van der Waals surface area contributed by atoms with Crippen molar-refractivity contribution in [1.29, 1.82) is 0 Å². The lowest BCUT2D eigenvalue weighted by Gasteiger charge is -2.07. The third kappa shape index (κ3) is 2.72. The molecule has 7 heteroatoms. The molecule has 1 amide bonds. The predicted molar refractivity (Wildman–Crippen MR) is 78.9 cm³/mol. The van der Waals surface area contributed by atoms with E-state index in [9.17, 15) is 14.9 Å². The maximum absolute atomic E-state index is 12.2. The molecular formula is C13H12BrN3O3. The third-order valence-corrected chi connectivity index (χ3v) is 3.58. The van der Waals surface area contributed by atoms with E-state index in [-0.39, 0.29) is 11.5 Å². The molecule has 0 atom stereocenters. The second-order valence-corrected chi connectivity index (χ2v) is 5.18. The number of benzene rings is 1. The van der Waals surface area contributed by atoms with E-state index < -0.39 is 10.8 Å². The highest BCUT2D eigenvalue weighted by molar-refractivity contribution is 9.10. The quantitative estimate of drug-likeness (QED) is 0.689. The highest BCUT2D eigenvalue weighted by atomic mass is 79.9. The summed E-state index contributed by atoms with van der Waals surface area (Å²) in [7, 11) is 1.48. The largest absolute Gasteiger partial charge is 0.358 e. The molecule has 20 heavy (non-hydrogen) atoms. The molecule has 0 aliphatic heterocycles. The fourth-order valence-electron chi connectivity index (χ4n) is 1.83. The fourth-order valence-corrected chi connectivity index (χ4v) is 2.18. The van der Waals surface area contributed by atoms with Gasteiger partial charge in [-0.2, -0.15) is 0 Å². The first kappa shape index (κ1) is 14.3. The van der Waals surface area contributed by atoms with Crippen LogP contribution in [0.2, 0.25) is 0 Å². The molecule has 1 aromatic carbocycles. The number of carbonyl (C=O) groups excluding carboxylic acids is 1. The molecule has 1 N–H and O–H groups in total. The SMILES string of the molecule is Cc1ccc(Br)c(NC(=O)c2ccc([N+](=O)[O-])n2C)c1. The lowest BCUT2D eigenvalue weighted by atomic mass is 10.2. The van der Waals surface area contributed by atoms with E-state index in [1.807, 2.05) is 25.1 Å². The Morgan fingerprint density at radius 2 is 2.05 bits per heavy atom. The van der Waals surface area contributed by atoms with Gasteiger partial charge in [-0.05, 0) is 51.5 Å².